The number of aryl methyl sites for hydroxylation is 1. The SMILES string of the molecule is CCOc1cc(/C=N\NC(=O)c2ccc(NC(=O)c3ccc(C)cc3)cc2)ccc1OC(=O)c1ccc([N+](=O)[O-])cc1. The van der Waals surface area contributed by atoms with E-state index in [1.807, 2.05) is 19.1 Å². The third-order valence-electron chi connectivity index (χ3n) is 5.88. The molecule has 0 spiro atoms. The number of esters is 1. The van der Waals surface area contributed by atoms with Gasteiger partial charge in [-0.3, -0.25) is 19.7 Å². The first-order valence-corrected chi connectivity index (χ1v) is 12.8. The minimum absolute atomic E-state index is 0.137. The number of benzene rings is 4. The smallest absolute Gasteiger partial charge is 0.343 e. The molecule has 0 bridgehead atoms. The van der Waals surface area contributed by atoms with Crippen LogP contribution in [0.1, 0.15) is 49.1 Å². The number of hydrogen-bond donors (Lipinski definition) is 2. The Bertz CT molecular complexity index is 1630. The van der Waals surface area contributed by atoms with E-state index in [0.29, 0.717) is 29.0 Å². The number of anilines is 1. The van der Waals surface area contributed by atoms with Crippen molar-refractivity contribution in [3.63, 3.8) is 0 Å². The molecule has 0 heterocycles. The highest BCUT2D eigenvalue weighted by Gasteiger charge is 2.15. The quantitative estimate of drug-likeness (QED) is 0.0842. The predicted molar refractivity (Wildman–Crippen MR) is 156 cm³/mol. The monoisotopic (exact) mass is 566 g/mol. The second-order valence-electron chi connectivity index (χ2n) is 8.93. The fourth-order valence-electron chi connectivity index (χ4n) is 3.68. The molecule has 4 aromatic rings. The highest BCUT2D eigenvalue weighted by atomic mass is 16.6. The van der Waals surface area contributed by atoms with Crippen LogP contribution in [0.2, 0.25) is 0 Å². The molecule has 11 nitrogen and oxygen atoms in total. The summed E-state index contributed by atoms with van der Waals surface area (Å²) >= 11 is 0. The molecule has 4 aromatic carbocycles. The van der Waals surface area contributed by atoms with Crippen LogP contribution in [0.3, 0.4) is 0 Å². The van der Waals surface area contributed by atoms with Gasteiger partial charge in [-0.05, 0) is 86.1 Å². The lowest BCUT2D eigenvalue weighted by atomic mass is 10.1. The van der Waals surface area contributed by atoms with Crippen LogP contribution in [-0.2, 0) is 0 Å². The summed E-state index contributed by atoms with van der Waals surface area (Å²) in [4.78, 5) is 47.7. The summed E-state index contributed by atoms with van der Waals surface area (Å²) in [5.74, 6) is -1.00. The third-order valence-corrected chi connectivity index (χ3v) is 5.88. The molecule has 0 aliphatic carbocycles. The van der Waals surface area contributed by atoms with Gasteiger partial charge in [0.15, 0.2) is 11.5 Å². The van der Waals surface area contributed by atoms with Gasteiger partial charge in [0, 0.05) is 28.9 Å². The van der Waals surface area contributed by atoms with Crippen LogP contribution >= 0.6 is 0 Å². The Hall–Kier alpha value is -5.84. The van der Waals surface area contributed by atoms with E-state index in [4.69, 9.17) is 9.47 Å². The van der Waals surface area contributed by atoms with Crippen LogP contribution in [-0.4, -0.2) is 35.5 Å². The van der Waals surface area contributed by atoms with Crippen LogP contribution in [0, 0.1) is 17.0 Å². The maximum Gasteiger partial charge on any atom is 0.343 e. The number of nitro groups is 1. The first-order chi connectivity index (χ1) is 20.2. The fourth-order valence-corrected chi connectivity index (χ4v) is 3.68. The number of carbonyl (C=O) groups is 3. The Morgan fingerprint density at radius 3 is 2.10 bits per heavy atom. The molecule has 2 amide bonds. The van der Waals surface area contributed by atoms with Crippen LogP contribution in [0.5, 0.6) is 11.5 Å². The van der Waals surface area contributed by atoms with Crippen molar-refractivity contribution in [1.82, 2.24) is 5.43 Å². The number of nitro benzene ring substituents is 1. The van der Waals surface area contributed by atoms with E-state index in [0.717, 1.165) is 5.56 Å². The number of nitrogens with zero attached hydrogens (tertiary/aromatic N) is 2. The van der Waals surface area contributed by atoms with E-state index < -0.39 is 16.8 Å². The Morgan fingerprint density at radius 1 is 0.833 bits per heavy atom. The third kappa shape index (κ3) is 7.63. The van der Waals surface area contributed by atoms with E-state index in [9.17, 15) is 24.5 Å². The first kappa shape index (κ1) is 29.2. The van der Waals surface area contributed by atoms with Gasteiger partial charge in [-0.2, -0.15) is 5.10 Å². The zero-order valence-electron chi connectivity index (χ0n) is 22.7. The van der Waals surface area contributed by atoms with Crippen LogP contribution in [0.15, 0.2) is 96.1 Å². The molecule has 0 aliphatic heterocycles. The number of ether oxygens (including phenoxy) is 2. The van der Waals surface area contributed by atoms with E-state index in [2.05, 4.69) is 15.8 Å². The van der Waals surface area contributed by atoms with Crippen LogP contribution < -0.4 is 20.2 Å². The predicted octanol–water partition coefficient (Wildman–Crippen LogP) is 5.54. The average Bonchev–Trinajstić information content (AvgIpc) is 2.99. The fraction of sp³-hybridized carbons (Fsp3) is 0.0968. The second-order valence-corrected chi connectivity index (χ2v) is 8.93. The molecule has 0 aromatic heterocycles. The van der Waals surface area contributed by atoms with Gasteiger partial charge < -0.3 is 14.8 Å². The van der Waals surface area contributed by atoms with E-state index >= 15 is 0 Å². The number of hydrazone groups is 1. The summed E-state index contributed by atoms with van der Waals surface area (Å²) in [7, 11) is 0. The summed E-state index contributed by atoms with van der Waals surface area (Å²) in [6.45, 7) is 4.00. The van der Waals surface area contributed by atoms with Gasteiger partial charge in [0.05, 0.1) is 23.3 Å². The molecule has 0 fully saturated rings. The van der Waals surface area contributed by atoms with E-state index in [1.165, 1.54) is 36.5 Å². The molecule has 0 saturated heterocycles. The standard InChI is InChI=1S/C31H26N4O7/c1-3-41-28-18-21(6-17-27(28)42-31(38)24-11-15-26(16-12-24)35(39)40)19-32-34-30(37)23-9-13-25(14-10-23)33-29(36)22-7-4-20(2)5-8-22/h4-19H,3H2,1-2H3,(H,33,36)(H,34,37)/b32-19-. The van der Waals surface area contributed by atoms with Crippen molar-refractivity contribution in [2.75, 3.05) is 11.9 Å². The van der Waals surface area contributed by atoms with Crippen LogP contribution in [0.25, 0.3) is 0 Å². The van der Waals surface area contributed by atoms with Crippen molar-refractivity contribution in [2.45, 2.75) is 13.8 Å². The average molecular weight is 567 g/mol. The molecule has 2 N–H and O–H groups in total. The van der Waals surface area contributed by atoms with Gasteiger partial charge in [-0.1, -0.05) is 17.7 Å². The maximum absolute atomic E-state index is 12.5. The molecule has 212 valence electrons. The zero-order chi connectivity index (χ0) is 30.1. The van der Waals surface area contributed by atoms with E-state index in [1.54, 1.807) is 55.5 Å². The lowest BCUT2D eigenvalue weighted by Gasteiger charge is -2.11. The molecule has 0 atom stereocenters. The van der Waals surface area contributed by atoms with Gasteiger partial charge in [-0.15, -0.1) is 0 Å². The minimum Gasteiger partial charge on any atom is -0.490 e. The topological polar surface area (TPSA) is 149 Å². The number of non-ortho nitro benzene ring substituents is 1. The Balaban J connectivity index is 1.35. The zero-order valence-corrected chi connectivity index (χ0v) is 22.7. The molecule has 0 radical (unpaired) electrons. The number of rotatable bonds is 10. The largest absolute Gasteiger partial charge is 0.490 e. The molecule has 11 heteroatoms. The first-order valence-electron chi connectivity index (χ1n) is 12.8. The van der Waals surface area contributed by atoms with Crippen molar-refractivity contribution in [2.24, 2.45) is 5.10 Å². The molecular formula is C31H26N4O7. The summed E-state index contributed by atoms with van der Waals surface area (Å²) in [5, 5.41) is 17.6. The summed E-state index contributed by atoms with van der Waals surface area (Å²) in [5.41, 5.74) is 5.45. The van der Waals surface area contributed by atoms with Crippen LogP contribution in [0.4, 0.5) is 11.4 Å². The highest BCUT2D eigenvalue weighted by molar-refractivity contribution is 6.04. The van der Waals surface area contributed by atoms with Gasteiger partial charge in [0.25, 0.3) is 17.5 Å². The van der Waals surface area contributed by atoms with Crippen molar-refractivity contribution in [3.8, 4) is 11.5 Å². The van der Waals surface area contributed by atoms with Crippen molar-refractivity contribution >= 4 is 35.4 Å². The van der Waals surface area contributed by atoms with Gasteiger partial charge in [0.1, 0.15) is 0 Å². The number of amides is 2. The Kier molecular flexibility index (Phi) is 9.36. The maximum atomic E-state index is 12.5. The molecule has 42 heavy (non-hydrogen) atoms. The lowest BCUT2D eigenvalue weighted by molar-refractivity contribution is -0.384. The van der Waals surface area contributed by atoms with E-state index in [-0.39, 0.29) is 28.7 Å². The number of hydrogen-bond acceptors (Lipinski definition) is 8. The molecular weight excluding hydrogens is 540 g/mol. The molecule has 0 aliphatic rings. The number of carbonyl (C=O) groups excluding carboxylic acids is 3. The summed E-state index contributed by atoms with van der Waals surface area (Å²) in [6, 6.07) is 23.3. The van der Waals surface area contributed by atoms with Gasteiger partial charge >= 0.3 is 5.97 Å². The van der Waals surface area contributed by atoms with Crippen molar-refractivity contribution in [1.29, 1.82) is 0 Å². The Labute approximate surface area is 240 Å². The van der Waals surface area contributed by atoms with Gasteiger partial charge in [-0.25, -0.2) is 10.2 Å². The summed E-state index contributed by atoms with van der Waals surface area (Å²) in [6.07, 6.45) is 1.40. The number of nitrogens with one attached hydrogen (secondary N) is 2. The summed E-state index contributed by atoms with van der Waals surface area (Å²) < 4.78 is 11.0. The second kappa shape index (κ2) is 13.5. The normalized spacial score (nSPS) is 10.6. The molecule has 4 rings (SSSR count). The van der Waals surface area contributed by atoms with Crippen molar-refractivity contribution in [3.05, 3.63) is 129 Å². The van der Waals surface area contributed by atoms with Gasteiger partial charge in [0.2, 0.25) is 0 Å². The Morgan fingerprint density at radius 2 is 1.45 bits per heavy atom. The molecule has 0 saturated carbocycles. The highest BCUT2D eigenvalue weighted by Crippen LogP contribution is 2.29. The lowest BCUT2D eigenvalue weighted by Crippen LogP contribution is -2.18. The molecule has 0 unspecified atom stereocenters. The van der Waals surface area contributed by atoms with Crippen molar-refractivity contribution < 1.29 is 28.8 Å². The minimum atomic E-state index is -0.708.